The lowest BCUT2D eigenvalue weighted by Gasteiger charge is -2.29. The molecular weight excluding hydrogens is 242 g/mol. The van der Waals surface area contributed by atoms with Crippen LogP contribution < -0.4 is 5.32 Å². The number of carboxylic acids is 1. The maximum Gasteiger partial charge on any atom is 0.323 e. The molecule has 0 aliphatic carbocycles. The predicted octanol–water partition coefficient (Wildman–Crippen LogP) is 1.10. The molecule has 5 nitrogen and oxygen atoms in total. The van der Waals surface area contributed by atoms with Gasteiger partial charge in [0, 0.05) is 19.1 Å². The highest BCUT2D eigenvalue weighted by Gasteiger charge is 2.32. The molecule has 1 atom stereocenters. The van der Waals surface area contributed by atoms with Gasteiger partial charge in [0.1, 0.15) is 5.54 Å². The van der Waals surface area contributed by atoms with E-state index in [9.17, 15) is 9.90 Å². The van der Waals surface area contributed by atoms with Gasteiger partial charge in [0.25, 0.3) is 0 Å². The van der Waals surface area contributed by atoms with E-state index in [4.69, 9.17) is 0 Å². The van der Waals surface area contributed by atoms with Gasteiger partial charge in [-0.15, -0.1) is 0 Å². The van der Waals surface area contributed by atoms with Crippen molar-refractivity contribution >= 4 is 5.97 Å². The van der Waals surface area contributed by atoms with Crippen LogP contribution in [-0.2, 0) is 4.79 Å². The zero-order chi connectivity index (χ0) is 15.1. The van der Waals surface area contributed by atoms with Crippen LogP contribution in [0.1, 0.15) is 33.6 Å². The van der Waals surface area contributed by atoms with Crippen LogP contribution in [0.5, 0.6) is 0 Å². The summed E-state index contributed by atoms with van der Waals surface area (Å²) in [6.45, 7) is 8.69. The van der Waals surface area contributed by atoms with Crippen LogP contribution in [0.25, 0.3) is 0 Å². The molecule has 19 heavy (non-hydrogen) atoms. The fourth-order valence-corrected chi connectivity index (χ4v) is 2.06. The Morgan fingerprint density at radius 2 is 1.79 bits per heavy atom. The van der Waals surface area contributed by atoms with Crippen molar-refractivity contribution in [3.05, 3.63) is 0 Å². The van der Waals surface area contributed by atoms with Crippen molar-refractivity contribution in [1.82, 2.24) is 15.1 Å². The van der Waals surface area contributed by atoms with Gasteiger partial charge in [-0.05, 0) is 61.3 Å². The molecule has 0 aromatic heterocycles. The molecule has 114 valence electrons. The van der Waals surface area contributed by atoms with E-state index in [-0.39, 0.29) is 6.04 Å². The molecule has 0 fully saturated rings. The second-order valence-electron chi connectivity index (χ2n) is 6.15. The largest absolute Gasteiger partial charge is 0.480 e. The van der Waals surface area contributed by atoms with Gasteiger partial charge in [0.2, 0.25) is 0 Å². The van der Waals surface area contributed by atoms with Crippen molar-refractivity contribution in [1.29, 1.82) is 0 Å². The van der Waals surface area contributed by atoms with Crippen LogP contribution in [0.15, 0.2) is 0 Å². The minimum atomic E-state index is -0.823. The average molecular weight is 273 g/mol. The molecule has 0 amide bonds. The van der Waals surface area contributed by atoms with Gasteiger partial charge < -0.3 is 14.9 Å². The highest BCUT2D eigenvalue weighted by molar-refractivity contribution is 5.78. The van der Waals surface area contributed by atoms with Gasteiger partial charge in [-0.25, -0.2) is 0 Å². The Bertz CT molecular complexity index is 269. The van der Waals surface area contributed by atoms with E-state index >= 15 is 0 Å². The Balaban J connectivity index is 4.09. The molecular formula is C14H31N3O2. The zero-order valence-electron chi connectivity index (χ0n) is 13.4. The molecule has 0 rings (SSSR count). The minimum absolute atomic E-state index is 0.174. The van der Waals surface area contributed by atoms with Gasteiger partial charge in [0.05, 0.1) is 0 Å². The lowest BCUT2D eigenvalue weighted by Crippen LogP contribution is -2.52. The Kier molecular flexibility index (Phi) is 8.22. The highest BCUT2D eigenvalue weighted by Crippen LogP contribution is 2.14. The molecule has 0 aromatic carbocycles. The number of nitrogens with zero attached hydrogens (tertiary/aromatic N) is 2. The summed E-state index contributed by atoms with van der Waals surface area (Å²) in [7, 11) is 6.20. The summed E-state index contributed by atoms with van der Waals surface area (Å²) in [5.41, 5.74) is -0.823. The lowest BCUT2D eigenvalue weighted by molar-refractivity contribution is -0.144. The van der Waals surface area contributed by atoms with Gasteiger partial charge in [-0.1, -0.05) is 0 Å². The first kappa shape index (κ1) is 18.4. The summed E-state index contributed by atoms with van der Waals surface area (Å²) in [6, 6.07) is 0.174. The Hall–Kier alpha value is -0.650. The molecule has 0 heterocycles. The molecule has 0 bridgehead atoms. The number of aliphatic carboxylic acids is 1. The normalized spacial score (nSPS) is 15.2. The lowest BCUT2D eigenvalue weighted by atomic mass is 9.95. The summed E-state index contributed by atoms with van der Waals surface area (Å²) in [6.07, 6.45) is 1.53. The standard InChI is InChI=1S/C14H31N3O2/c1-12(2)15-14(3,13(18)19)8-7-9-17(6)11-10-16(4)5/h12,15H,7-11H2,1-6H3,(H,18,19). The van der Waals surface area contributed by atoms with Crippen molar-refractivity contribution in [2.24, 2.45) is 0 Å². The van der Waals surface area contributed by atoms with Crippen molar-refractivity contribution in [3.63, 3.8) is 0 Å². The van der Waals surface area contributed by atoms with E-state index < -0.39 is 11.5 Å². The molecule has 0 spiro atoms. The zero-order valence-corrected chi connectivity index (χ0v) is 13.4. The van der Waals surface area contributed by atoms with E-state index in [1.54, 1.807) is 6.92 Å². The van der Waals surface area contributed by atoms with Crippen molar-refractivity contribution in [3.8, 4) is 0 Å². The predicted molar refractivity (Wildman–Crippen MR) is 79.6 cm³/mol. The number of hydrogen-bond acceptors (Lipinski definition) is 4. The van der Waals surface area contributed by atoms with Crippen molar-refractivity contribution < 1.29 is 9.90 Å². The Morgan fingerprint density at radius 1 is 1.21 bits per heavy atom. The number of rotatable bonds is 10. The summed E-state index contributed by atoms with van der Waals surface area (Å²) < 4.78 is 0. The molecule has 1 unspecified atom stereocenters. The first-order valence-corrected chi connectivity index (χ1v) is 7.01. The van der Waals surface area contributed by atoms with Crippen LogP contribution in [0.2, 0.25) is 0 Å². The van der Waals surface area contributed by atoms with Crippen LogP contribution >= 0.6 is 0 Å². The maximum atomic E-state index is 11.4. The summed E-state index contributed by atoms with van der Waals surface area (Å²) in [5, 5.41) is 12.5. The van der Waals surface area contributed by atoms with Crippen molar-refractivity contribution in [2.75, 3.05) is 40.8 Å². The second kappa shape index (κ2) is 8.51. The number of carbonyl (C=O) groups is 1. The number of carboxylic acid groups (broad SMARTS) is 1. The Labute approximate surface area is 118 Å². The van der Waals surface area contributed by atoms with E-state index in [1.165, 1.54) is 0 Å². The van der Waals surface area contributed by atoms with E-state index in [0.717, 1.165) is 26.1 Å². The number of nitrogens with one attached hydrogen (secondary N) is 1. The van der Waals surface area contributed by atoms with Gasteiger partial charge in [0.15, 0.2) is 0 Å². The smallest absolute Gasteiger partial charge is 0.323 e. The van der Waals surface area contributed by atoms with E-state index in [2.05, 4.69) is 36.3 Å². The minimum Gasteiger partial charge on any atom is -0.480 e. The molecule has 0 saturated heterocycles. The maximum absolute atomic E-state index is 11.4. The van der Waals surface area contributed by atoms with Gasteiger partial charge >= 0.3 is 5.97 Å². The summed E-state index contributed by atoms with van der Waals surface area (Å²) in [5.74, 6) is -0.767. The van der Waals surface area contributed by atoms with Crippen LogP contribution in [0.3, 0.4) is 0 Å². The molecule has 0 aliphatic rings. The van der Waals surface area contributed by atoms with Crippen LogP contribution in [-0.4, -0.2) is 73.2 Å². The number of hydrogen-bond donors (Lipinski definition) is 2. The Morgan fingerprint density at radius 3 is 2.21 bits per heavy atom. The topological polar surface area (TPSA) is 55.8 Å². The van der Waals surface area contributed by atoms with Crippen molar-refractivity contribution in [2.45, 2.75) is 45.2 Å². The SMILES string of the molecule is CC(C)NC(C)(CCCN(C)CCN(C)C)C(=O)O. The highest BCUT2D eigenvalue weighted by atomic mass is 16.4. The quantitative estimate of drug-likeness (QED) is 0.624. The van der Waals surface area contributed by atoms with Crippen LogP contribution in [0.4, 0.5) is 0 Å². The second-order valence-corrected chi connectivity index (χ2v) is 6.15. The third-order valence-corrected chi connectivity index (χ3v) is 3.22. The van der Waals surface area contributed by atoms with Gasteiger partial charge in [-0.2, -0.15) is 0 Å². The molecule has 2 N–H and O–H groups in total. The fraction of sp³-hybridized carbons (Fsp3) is 0.929. The molecule has 0 radical (unpaired) electrons. The fourth-order valence-electron chi connectivity index (χ4n) is 2.06. The summed E-state index contributed by atoms with van der Waals surface area (Å²) >= 11 is 0. The average Bonchev–Trinajstić information content (AvgIpc) is 2.25. The molecule has 0 saturated carbocycles. The first-order chi connectivity index (χ1) is 8.67. The number of likely N-dealkylation sites (N-methyl/N-ethyl adjacent to an activating group) is 2. The van der Waals surface area contributed by atoms with E-state index in [0.29, 0.717) is 6.42 Å². The first-order valence-electron chi connectivity index (χ1n) is 7.01. The van der Waals surface area contributed by atoms with E-state index in [1.807, 2.05) is 13.8 Å². The third-order valence-electron chi connectivity index (χ3n) is 3.22. The van der Waals surface area contributed by atoms with Gasteiger partial charge in [-0.3, -0.25) is 10.1 Å². The summed E-state index contributed by atoms with van der Waals surface area (Å²) in [4.78, 5) is 15.8. The molecule has 0 aliphatic heterocycles. The third kappa shape index (κ3) is 8.18. The molecule has 5 heteroatoms. The molecule has 0 aromatic rings. The monoisotopic (exact) mass is 273 g/mol. The van der Waals surface area contributed by atoms with Crippen LogP contribution in [0, 0.1) is 0 Å².